The van der Waals surface area contributed by atoms with Crippen LogP contribution >= 0.6 is 0 Å². The van der Waals surface area contributed by atoms with Gasteiger partial charge in [-0.1, -0.05) is 29.8 Å². The van der Waals surface area contributed by atoms with Gasteiger partial charge in [0, 0.05) is 16.9 Å². The molecule has 2 N–H and O–H groups in total. The van der Waals surface area contributed by atoms with Crippen molar-refractivity contribution in [2.24, 2.45) is 0 Å². The zero-order valence-electron chi connectivity index (χ0n) is 16.5. The normalized spacial score (nSPS) is 15.5. The average molecular weight is 390 g/mol. The summed E-state index contributed by atoms with van der Waals surface area (Å²) >= 11 is 0. The van der Waals surface area contributed by atoms with Crippen LogP contribution in [0.1, 0.15) is 27.7 Å². The number of fused-ring (bicyclic) bond motifs is 1. The first kappa shape index (κ1) is 18.7. The van der Waals surface area contributed by atoms with Crippen LogP contribution < -0.4 is 19.7 Å². The molecular formula is C23H22N2O4. The molecule has 3 aromatic carbocycles. The highest BCUT2D eigenvalue weighted by molar-refractivity contribution is 6.12. The Morgan fingerprint density at radius 1 is 0.966 bits per heavy atom. The predicted octanol–water partition coefficient (Wildman–Crippen LogP) is 4.49. The third kappa shape index (κ3) is 3.23. The minimum atomic E-state index is -0.511. The van der Waals surface area contributed by atoms with Crippen molar-refractivity contribution in [1.29, 1.82) is 0 Å². The standard InChI is InChI=1S/C23H22N2O4/c1-14-8-10-16(11-9-14)25-22(24-18-7-5-4-6-17(18)23(25)27)15-12-19(28-2)21(26)20(13-15)29-3/h4-13,22,24,26H,1-3H3/t22-/m0/s1. The molecule has 0 bridgehead atoms. The molecule has 6 nitrogen and oxygen atoms in total. The number of nitrogens with one attached hydrogen (secondary N) is 1. The van der Waals surface area contributed by atoms with Gasteiger partial charge in [0.2, 0.25) is 5.75 Å². The minimum Gasteiger partial charge on any atom is -0.502 e. The van der Waals surface area contributed by atoms with E-state index in [0.717, 1.165) is 22.5 Å². The van der Waals surface area contributed by atoms with Crippen molar-refractivity contribution in [3.8, 4) is 17.2 Å². The highest BCUT2D eigenvalue weighted by Gasteiger charge is 2.35. The second-order valence-corrected chi connectivity index (χ2v) is 6.88. The first-order chi connectivity index (χ1) is 14.0. The second-order valence-electron chi connectivity index (χ2n) is 6.88. The second kappa shape index (κ2) is 7.39. The Kier molecular flexibility index (Phi) is 4.76. The van der Waals surface area contributed by atoms with E-state index >= 15 is 0 Å². The molecule has 148 valence electrons. The fraction of sp³-hybridized carbons (Fsp3) is 0.174. The van der Waals surface area contributed by atoms with Gasteiger partial charge in [0.05, 0.1) is 19.8 Å². The van der Waals surface area contributed by atoms with E-state index in [1.165, 1.54) is 14.2 Å². The smallest absolute Gasteiger partial charge is 0.262 e. The van der Waals surface area contributed by atoms with Crippen LogP contribution in [0.2, 0.25) is 0 Å². The molecule has 3 aromatic rings. The molecule has 0 fully saturated rings. The van der Waals surface area contributed by atoms with E-state index in [-0.39, 0.29) is 23.2 Å². The van der Waals surface area contributed by atoms with Crippen LogP contribution in [0.25, 0.3) is 0 Å². The number of carbonyl (C=O) groups excluding carboxylic acids is 1. The van der Waals surface area contributed by atoms with Crippen LogP contribution in [0.4, 0.5) is 11.4 Å². The van der Waals surface area contributed by atoms with Crippen LogP contribution in [0, 0.1) is 6.92 Å². The van der Waals surface area contributed by atoms with E-state index in [1.807, 2.05) is 49.4 Å². The SMILES string of the molecule is COc1cc([C@H]2Nc3ccccc3C(=O)N2c2ccc(C)cc2)cc(OC)c1O. The van der Waals surface area contributed by atoms with Crippen molar-refractivity contribution in [1.82, 2.24) is 0 Å². The van der Waals surface area contributed by atoms with Crippen LogP contribution in [0.3, 0.4) is 0 Å². The van der Waals surface area contributed by atoms with Crippen LogP contribution in [-0.2, 0) is 0 Å². The number of aromatic hydroxyl groups is 1. The summed E-state index contributed by atoms with van der Waals surface area (Å²) in [5.41, 5.74) is 3.94. The molecule has 1 aliphatic heterocycles. The number of methoxy groups -OCH3 is 2. The number of carbonyl (C=O) groups is 1. The lowest BCUT2D eigenvalue weighted by Gasteiger charge is -2.38. The number of aryl methyl sites for hydroxylation is 1. The Balaban J connectivity index is 1.89. The fourth-order valence-corrected chi connectivity index (χ4v) is 3.53. The summed E-state index contributed by atoms with van der Waals surface area (Å²) < 4.78 is 10.6. The van der Waals surface area contributed by atoms with Crippen molar-refractivity contribution in [2.75, 3.05) is 24.4 Å². The molecule has 0 unspecified atom stereocenters. The highest BCUT2D eigenvalue weighted by atomic mass is 16.5. The molecule has 29 heavy (non-hydrogen) atoms. The molecule has 1 aliphatic rings. The molecular weight excluding hydrogens is 368 g/mol. The van der Waals surface area contributed by atoms with Crippen molar-refractivity contribution in [3.05, 3.63) is 77.4 Å². The monoisotopic (exact) mass is 390 g/mol. The number of phenolic OH excluding ortho intramolecular Hbond substituents is 1. The third-order valence-corrected chi connectivity index (χ3v) is 5.06. The number of anilines is 2. The zero-order chi connectivity index (χ0) is 20.5. The van der Waals surface area contributed by atoms with Crippen molar-refractivity contribution in [2.45, 2.75) is 13.1 Å². The van der Waals surface area contributed by atoms with Crippen LogP contribution in [0.5, 0.6) is 17.2 Å². The molecule has 0 spiro atoms. The maximum absolute atomic E-state index is 13.4. The first-order valence-corrected chi connectivity index (χ1v) is 9.24. The van der Waals surface area contributed by atoms with Gasteiger partial charge in [-0.15, -0.1) is 0 Å². The van der Waals surface area contributed by atoms with E-state index in [0.29, 0.717) is 5.56 Å². The third-order valence-electron chi connectivity index (χ3n) is 5.06. The van der Waals surface area contributed by atoms with E-state index in [9.17, 15) is 9.90 Å². The van der Waals surface area contributed by atoms with Gasteiger partial charge in [0.1, 0.15) is 6.17 Å². The highest BCUT2D eigenvalue weighted by Crippen LogP contribution is 2.43. The molecule has 0 aliphatic carbocycles. The summed E-state index contributed by atoms with van der Waals surface area (Å²) in [6.45, 7) is 2.00. The summed E-state index contributed by atoms with van der Waals surface area (Å²) in [6, 6.07) is 18.6. The summed E-state index contributed by atoms with van der Waals surface area (Å²) in [4.78, 5) is 15.1. The average Bonchev–Trinajstić information content (AvgIpc) is 2.75. The minimum absolute atomic E-state index is 0.0804. The Morgan fingerprint density at radius 3 is 2.21 bits per heavy atom. The number of benzene rings is 3. The summed E-state index contributed by atoms with van der Waals surface area (Å²) in [7, 11) is 2.95. The molecule has 0 saturated heterocycles. The van der Waals surface area contributed by atoms with Crippen molar-refractivity contribution in [3.63, 3.8) is 0 Å². The maximum Gasteiger partial charge on any atom is 0.262 e. The van der Waals surface area contributed by atoms with Gasteiger partial charge in [-0.3, -0.25) is 9.69 Å². The molecule has 6 heteroatoms. The number of rotatable bonds is 4. The van der Waals surface area contributed by atoms with E-state index in [4.69, 9.17) is 9.47 Å². The zero-order valence-corrected chi connectivity index (χ0v) is 16.5. The molecule has 0 aromatic heterocycles. The number of nitrogens with zero attached hydrogens (tertiary/aromatic N) is 1. The molecule has 4 rings (SSSR count). The van der Waals surface area contributed by atoms with E-state index < -0.39 is 6.17 Å². The molecule has 0 saturated carbocycles. The maximum atomic E-state index is 13.4. The van der Waals surface area contributed by atoms with Gasteiger partial charge in [-0.25, -0.2) is 0 Å². The van der Waals surface area contributed by atoms with Gasteiger partial charge in [0.15, 0.2) is 11.5 Å². The van der Waals surface area contributed by atoms with Gasteiger partial charge < -0.3 is 19.9 Å². The van der Waals surface area contributed by atoms with Crippen LogP contribution in [0.15, 0.2) is 60.7 Å². The Hall–Kier alpha value is -3.67. The van der Waals surface area contributed by atoms with Gasteiger partial charge in [-0.05, 0) is 43.3 Å². The van der Waals surface area contributed by atoms with E-state index in [2.05, 4.69) is 5.32 Å². The fourth-order valence-electron chi connectivity index (χ4n) is 3.53. The van der Waals surface area contributed by atoms with Gasteiger partial charge in [0.25, 0.3) is 5.91 Å². The molecule has 0 radical (unpaired) electrons. The molecule has 1 amide bonds. The van der Waals surface area contributed by atoms with E-state index in [1.54, 1.807) is 23.1 Å². The predicted molar refractivity (Wildman–Crippen MR) is 112 cm³/mol. The van der Waals surface area contributed by atoms with Gasteiger partial charge in [-0.2, -0.15) is 0 Å². The lowest BCUT2D eigenvalue weighted by Crippen LogP contribution is -2.43. The summed E-state index contributed by atoms with van der Waals surface area (Å²) in [5, 5.41) is 13.7. The largest absolute Gasteiger partial charge is 0.502 e. The lowest BCUT2D eigenvalue weighted by atomic mass is 10.0. The van der Waals surface area contributed by atoms with Gasteiger partial charge >= 0.3 is 0 Å². The molecule has 1 atom stereocenters. The number of hydrogen-bond donors (Lipinski definition) is 2. The number of ether oxygens (including phenoxy) is 2. The number of para-hydroxylation sites is 1. The first-order valence-electron chi connectivity index (χ1n) is 9.24. The number of hydrogen-bond acceptors (Lipinski definition) is 5. The Bertz CT molecular complexity index is 1040. The quantitative estimate of drug-likeness (QED) is 0.687. The van der Waals surface area contributed by atoms with Crippen LogP contribution in [-0.4, -0.2) is 25.2 Å². The number of phenols is 1. The lowest BCUT2D eigenvalue weighted by molar-refractivity contribution is 0.0975. The Labute approximate surface area is 169 Å². The number of amides is 1. The summed E-state index contributed by atoms with van der Waals surface area (Å²) in [6.07, 6.45) is -0.511. The molecule has 1 heterocycles. The Morgan fingerprint density at radius 2 is 1.59 bits per heavy atom. The van der Waals surface area contributed by atoms with Crippen molar-refractivity contribution < 1.29 is 19.4 Å². The topological polar surface area (TPSA) is 71.0 Å². The van der Waals surface area contributed by atoms with Crippen molar-refractivity contribution >= 4 is 17.3 Å². The summed E-state index contributed by atoms with van der Waals surface area (Å²) in [5.74, 6) is 0.356.